The monoisotopic (exact) mass is 1060 g/mol. The predicted molar refractivity (Wildman–Crippen MR) is 295 cm³/mol. The van der Waals surface area contributed by atoms with E-state index in [4.69, 9.17) is 35.4 Å². The number of para-hydroxylation sites is 1. The molecule has 0 bridgehead atoms. The van der Waals surface area contributed by atoms with Gasteiger partial charge >= 0.3 is 25.8 Å². The zero-order chi connectivity index (χ0) is 53.4. The molecule has 3 N–H and O–H groups in total. The molecule has 1 aliphatic rings. The van der Waals surface area contributed by atoms with Gasteiger partial charge in [0.15, 0.2) is 22.6 Å². The summed E-state index contributed by atoms with van der Waals surface area (Å²) in [5, 5.41) is 2.90. The van der Waals surface area contributed by atoms with Crippen LogP contribution in [0.25, 0.3) is 11.2 Å². The number of benzene rings is 2. The van der Waals surface area contributed by atoms with E-state index in [0.717, 1.165) is 44.1 Å². The summed E-state index contributed by atoms with van der Waals surface area (Å²) in [6.45, 7) is 4.05. The number of nitrogen functional groups attached to an aromatic ring is 1. The molecule has 0 unspecified atom stereocenters. The largest absolute Gasteiger partial charge is 0.465 e. The Morgan fingerprint density at radius 3 is 1.85 bits per heavy atom. The van der Waals surface area contributed by atoms with Crippen molar-refractivity contribution in [3.8, 4) is 18.1 Å². The van der Waals surface area contributed by atoms with Gasteiger partial charge in [0.05, 0.1) is 12.9 Å². The number of nitrogens with two attached hydrogens (primary N) is 1. The third kappa shape index (κ3) is 22.0. The van der Waals surface area contributed by atoms with Crippen LogP contribution in [0.4, 0.5) is 10.2 Å². The van der Waals surface area contributed by atoms with Gasteiger partial charge in [0, 0.05) is 12.8 Å². The standard InChI is InChI=1S/C59H88FN6O8P/c1-4-7-9-11-13-15-17-18-19-20-21-22-23-24-26-28-36-42-53(67)72-51-45-52(66-47-62-54-55(61)63-58(60)64-56(54)66)73-59(51,6-3)46-71-75(69,74-49-40-34-31-35-41-49)65-50(44-48-38-32-30-33-39-48)57(68)70-43-37-29-27-25-16-14-12-10-8-5-2/h3,30-35,38-41,47,50-52H,4-5,7-29,36-37,42-46H2,1-2H3,(H,65,69)(H2,61,63,64)/t50-,51-,52+,59+,75-/m0/s1. The van der Waals surface area contributed by atoms with Crippen molar-refractivity contribution in [2.24, 2.45) is 0 Å². The highest BCUT2D eigenvalue weighted by Crippen LogP contribution is 2.49. The van der Waals surface area contributed by atoms with Gasteiger partial charge in [-0.1, -0.05) is 229 Å². The van der Waals surface area contributed by atoms with Gasteiger partial charge in [-0.3, -0.25) is 18.7 Å². The minimum absolute atomic E-state index is 0.0332. The van der Waals surface area contributed by atoms with E-state index >= 15 is 4.57 Å². The maximum absolute atomic E-state index is 15.3. The number of anilines is 1. The van der Waals surface area contributed by atoms with E-state index in [1.807, 2.05) is 30.3 Å². The maximum Gasteiger partial charge on any atom is 0.459 e. The molecular formula is C59H88FN6O8P. The minimum atomic E-state index is -4.58. The normalized spacial score (nSPS) is 17.6. The first-order chi connectivity index (χ1) is 36.6. The molecule has 14 nitrogen and oxygen atoms in total. The van der Waals surface area contributed by atoms with Crippen molar-refractivity contribution in [1.82, 2.24) is 24.6 Å². The molecule has 2 aromatic heterocycles. The average molecular weight is 1060 g/mol. The summed E-state index contributed by atoms with van der Waals surface area (Å²) >= 11 is 0. The molecule has 3 heterocycles. The molecule has 2 aromatic carbocycles. The van der Waals surface area contributed by atoms with Crippen LogP contribution >= 0.6 is 7.75 Å². The summed E-state index contributed by atoms with van der Waals surface area (Å²) in [4.78, 5) is 39.5. The lowest BCUT2D eigenvalue weighted by atomic mass is 9.98. The number of terminal acetylenes is 1. The molecule has 1 aliphatic heterocycles. The number of imidazole rings is 1. The van der Waals surface area contributed by atoms with Gasteiger partial charge in [-0.05, 0) is 37.0 Å². The third-order valence-electron chi connectivity index (χ3n) is 14.1. The highest BCUT2D eigenvalue weighted by Gasteiger charge is 2.53. The molecule has 5 rings (SSSR count). The minimum Gasteiger partial charge on any atom is -0.465 e. The molecule has 0 saturated carbocycles. The van der Waals surface area contributed by atoms with Crippen molar-refractivity contribution < 1.29 is 41.8 Å². The molecule has 0 radical (unpaired) electrons. The van der Waals surface area contributed by atoms with E-state index < -0.39 is 56.3 Å². The summed E-state index contributed by atoms with van der Waals surface area (Å²) in [5.74, 6) is 1.55. The zero-order valence-electron chi connectivity index (χ0n) is 45.2. The lowest BCUT2D eigenvalue weighted by Crippen LogP contribution is -2.46. The fraction of sp³-hybridized carbons (Fsp3) is 0.644. The molecule has 4 aromatic rings. The van der Waals surface area contributed by atoms with Crippen LogP contribution in [-0.2, 0) is 39.3 Å². The summed E-state index contributed by atoms with van der Waals surface area (Å²) < 4.78 is 62.2. The van der Waals surface area contributed by atoms with Crippen LogP contribution in [0.1, 0.15) is 212 Å². The number of ether oxygens (including phenoxy) is 3. The molecule has 5 atom stereocenters. The Kier molecular flexibility index (Phi) is 28.2. The van der Waals surface area contributed by atoms with E-state index in [2.05, 4.69) is 39.8 Å². The first kappa shape index (κ1) is 61.0. The van der Waals surface area contributed by atoms with Gasteiger partial charge in [0.1, 0.15) is 30.7 Å². The molecule has 0 spiro atoms. The Bertz CT molecular complexity index is 2320. The highest BCUT2D eigenvalue weighted by atomic mass is 31.2. The van der Waals surface area contributed by atoms with E-state index in [1.54, 1.807) is 30.3 Å². The average Bonchev–Trinajstić information content (AvgIpc) is 4.00. The Morgan fingerprint density at radius 1 is 0.787 bits per heavy atom. The van der Waals surface area contributed by atoms with Crippen molar-refractivity contribution in [3.63, 3.8) is 0 Å². The van der Waals surface area contributed by atoms with E-state index in [0.29, 0.717) is 12.8 Å². The van der Waals surface area contributed by atoms with Gasteiger partial charge in [-0.2, -0.15) is 19.4 Å². The Balaban J connectivity index is 1.23. The lowest BCUT2D eigenvalue weighted by Gasteiger charge is -2.31. The number of fused-ring (bicyclic) bond motifs is 1. The molecule has 1 saturated heterocycles. The number of hydrogen-bond acceptors (Lipinski definition) is 12. The van der Waals surface area contributed by atoms with Crippen LogP contribution in [0.3, 0.4) is 0 Å². The van der Waals surface area contributed by atoms with Gasteiger partial charge in [0.25, 0.3) is 0 Å². The number of rotatable bonds is 41. The lowest BCUT2D eigenvalue weighted by molar-refractivity contribution is -0.158. The SMILES string of the molecule is C#C[C@]1(CO[P@@](=O)(N[C@@H](Cc2ccccc2)C(=O)OCCCCCCCCCCCC)Oc2ccccc2)O[C@@H](n2cnc3c(N)nc(F)nc32)C[C@@H]1OC(=O)CCCCCCCCCCCCCCCCCCC. The van der Waals surface area contributed by atoms with Gasteiger partial charge < -0.3 is 24.5 Å². The fourth-order valence-electron chi connectivity index (χ4n) is 9.66. The number of nitrogens with one attached hydrogen (secondary N) is 1. The van der Waals surface area contributed by atoms with Crippen molar-refractivity contribution in [2.75, 3.05) is 18.9 Å². The van der Waals surface area contributed by atoms with Crippen molar-refractivity contribution in [2.45, 2.75) is 230 Å². The third-order valence-corrected chi connectivity index (χ3v) is 15.6. The summed E-state index contributed by atoms with van der Waals surface area (Å²) in [5.41, 5.74) is 5.08. The van der Waals surface area contributed by atoms with Gasteiger partial charge in [-0.15, -0.1) is 6.42 Å². The number of aromatic nitrogens is 4. The molecule has 0 amide bonds. The number of halogens is 1. The first-order valence-corrected chi connectivity index (χ1v) is 30.1. The second-order valence-corrected chi connectivity index (χ2v) is 22.0. The van der Waals surface area contributed by atoms with Crippen molar-refractivity contribution in [1.29, 1.82) is 0 Å². The molecule has 75 heavy (non-hydrogen) atoms. The van der Waals surface area contributed by atoms with Crippen LogP contribution in [0.15, 0.2) is 67.0 Å². The molecule has 16 heteroatoms. The second kappa shape index (κ2) is 34.7. The number of hydrogen-bond donors (Lipinski definition) is 2. The van der Waals surface area contributed by atoms with Crippen molar-refractivity contribution in [3.05, 3.63) is 78.6 Å². The highest BCUT2D eigenvalue weighted by molar-refractivity contribution is 7.52. The summed E-state index contributed by atoms with van der Waals surface area (Å²) in [6.07, 6.45) is 36.7. The second-order valence-electron chi connectivity index (χ2n) is 20.3. The van der Waals surface area contributed by atoms with Crippen LogP contribution < -0.4 is 15.3 Å². The Hall–Kier alpha value is -4.87. The smallest absolute Gasteiger partial charge is 0.459 e. The quantitative estimate of drug-likeness (QED) is 0.0141. The Morgan fingerprint density at radius 2 is 1.31 bits per heavy atom. The number of nitrogens with zero attached hydrogens (tertiary/aromatic N) is 4. The molecule has 0 aliphatic carbocycles. The predicted octanol–water partition coefficient (Wildman–Crippen LogP) is 14.7. The van der Waals surface area contributed by atoms with Crippen molar-refractivity contribution >= 4 is 36.7 Å². The number of carbonyl (C=O) groups excluding carboxylic acids is 2. The van der Waals surface area contributed by atoms with Crippen LogP contribution in [-0.4, -0.2) is 62.4 Å². The van der Waals surface area contributed by atoms with Crippen LogP contribution in [0.2, 0.25) is 0 Å². The Labute approximate surface area is 447 Å². The van der Waals surface area contributed by atoms with E-state index in [9.17, 15) is 14.0 Å². The molecule has 414 valence electrons. The van der Waals surface area contributed by atoms with Gasteiger partial charge in [0.2, 0.25) is 0 Å². The van der Waals surface area contributed by atoms with Crippen LogP contribution in [0.5, 0.6) is 5.75 Å². The van der Waals surface area contributed by atoms with E-state index in [-0.39, 0.29) is 48.6 Å². The first-order valence-electron chi connectivity index (χ1n) is 28.6. The topological polar surface area (TPSA) is 179 Å². The van der Waals surface area contributed by atoms with Gasteiger partial charge in [-0.25, -0.2) is 9.55 Å². The fourth-order valence-corrected chi connectivity index (χ4v) is 11.2. The molecule has 1 fully saturated rings. The number of unbranched alkanes of at least 4 members (excludes halogenated alkanes) is 25. The molecular weight excluding hydrogens is 971 g/mol. The number of esters is 2. The summed E-state index contributed by atoms with van der Waals surface area (Å²) in [7, 11) is -4.58. The zero-order valence-corrected chi connectivity index (χ0v) is 46.1. The maximum atomic E-state index is 15.3. The van der Waals surface area contributed by atoms with E-state index in [1.165, 1.54) is 133 Å². The summed E-state index contributed by atoms with van der Waals surface area (Å²) in [6, 6.07) is 16.5. The van der Waals surface area contributed by atoms with Crippen LogP contribution in [0, 0.1) is 18.4 Å². The number of carbonyl (C=O) groups is 2.